The van der Waals surface area contributed by atoms with E-state index in [0.717, 1.165) is 10.7 Å². The van der Waals surface area contributed by atoms with Crippen LogP contribution in [-0.4, -0.2) is 17.9 Å². The van der Waals surface area contributed by atoms with Crippen LogP contribution in [0.25, 0.3) is 5.88 Å². The van der Waals surface area contributed by atoms with Crippen LogP contribution in [0.1, 0.15) is 15.2 Å². The zero-order valence-corrected chi connectivity index (χ0v) is 15.6. The van der Waals surface area contributed by atoms with Crippen molar-refractivity contribution in [3.8, 4) is 0 Å². The molecule has 0 saturated carbocycles. The molecule has 3 aromatic rings. The van der Waals surface area contributed by atoms with Crippen LogP contribution >= 0.6 is 22.9 Å². The summed E-state index contributed by atoms with van der Waals surface area (Å²) in [6, 6.07) is 14.8. The van der Waals surface area contributed by atoms with Crippen LogP contribution in [-0.2, 0) is 11.3 Å². The van der Waals surface area contributed by atoms with Crippen molar-refractivity contribution < 1.29 is 14.1 Å². The monoisotopic (exact) mass is 386 g/mol. The lowest BCUT2D eigenvalue weighted by atomic mass is 10.1. The zero-order valence-electron chi connectivity index (χ0n) is 14.1. The van der Waals surface area contributed by atoms with Crippen molar-refractivity contribution in [2.45, 2.75) is 6.54 Å². The number of nitrogens with zero attached hydrogens (tertiary/aromatic N) is 2. The van der Waals surface area contributed by atoms with Crippen molar-refractivity contribution in [3.05, 3.63) is 81.9 Å². The first-order chi connectivity index (χ1) is 12.7. The van der Waals surface area contributed by atoms with E-state index in [0.29, 0.717) is 22.5 Å². The molecule has 7 heteroatoms. The number of pyridine rings is 1. The predicted molar refractivity (Wildman–Crippen MR) is 103 cm³/mol. The van der Waals surface area contributed by atoms with Gasteiger partial charge in [0.05, 0.1) is 24.3 Å². The van der Waals surface area contributed by atoms with Gasteiger partial charge in [0.1, 0.15) is 6.54 Å². The van der Waals surface area contributed by atoms with Gasteiger partial charge in [0, 0.05) is 17.8 Å². The number of methoxy groups -OCH3 is 1. The van der Waals surface area contributed by atoms with Crippen LogP contribution in [0, 0.1) is 0 Å². The predicted octanol–water partition coefficient (Wildman–Crippen LogP) is 4.02. The normalized spacial score (nSPS) is 11.2. The number of anilines is 1. The minimum atomic E-state index is -0.126. The van der Waals surface area contributed by atoms with Crippen LogP contribution in [0.2, 0.25) is 4.47 Å². The van der Waals surface area contributed by atoms with E-state index in [1.165, 1.54) is 24.5 Å². The molecule has 0 spiro atoms. The SMILES string of the molecule is CO/C(=C\C(=O)c1ccccc1)[n+]1ccccc1NCc1cnc(Cl)s1. The molecule has 0 radical (unpaired) electrons. The molecule has 26 heavy (non-hydrogen) atoms. The van der Waals surface area contributed by atoms with Gasteiger partial charge in [-0.15, -0.1) is 11.3 Å². The topological polar surface area (TPSA) is 55.1 Å². The van der Waals surface area contributed by atoms with Crippen LogP contribution in [0.5, 0.6) is 0 Å². The summed E-state index contributed by atoms with van der Waals surface area (Å²) in [6.07, 6.45) is 5.04. The Morgan fingerprint density at radius 2 is 2.04 bits per heavy atom. The lowest BCUT2D eigenvalue weighted by Crippen LogP contribution is -2.36. The van der Waals surface area contributed by atoms with E-state index in [4.69, 9.17) is 16.3 Å². The Bertz CT molecular complexity index is 925. The van der Waals surface area contributed by atoms with Gasteiger partial charge in [-0.1, -0.05) is 48.0 Å². The van der Waals surface area contributed by atoms with E-state index < -0.39 is 0 Å². The van der Waals surface area contributed by atoms with Crippen LogP contribution < -0.4 is 9.88 Å². The molecule has 0 aliphatic carbocycles. The van der Waals surface area contributed by atoms with Gasteiger partial charge in [0.2, 0.25) is 0 Å². The summed E-state index contributed by atoms with van der Waals surface area (Å²) in [7, 11) is 1.54. The van der Waals surface area contributed by atoms with Gasteiger partial charge >= 0.3 is 0 Å². The fourth-order valence-electron chi connectivity index (χ4n) is 2.35. The van der Waals surface area contributed by atoms with E-state index in [1.54, 1.807) is 22.9 Å². The highest BCUT2D eigenvalue weighted by atomic mass is 35.5. The molecule has 0 aliphatic heterocycles. The second-order valence-electron chi connectivity index (χ2n) is 5.31. The van der Waals surface area contributed by atoms with Crippen LogP contribution in [0.4, 0.5) is 5.82 Å². The van der Waals surface area contributed by atoms with Crippen LogP contribution in [0.3, 0.4) is 0 Å². The molecule has 0 aliphatic rings. The highest BCUT2D eigenvalue weighted by Crippen LogP contribution is 2.18. The molecule has 2 heterocycles. The maximum Gasteiger partial charge on any atom is 0.292 e. The fourth-order valence-corrected chi connectivity index (χ4v) is 3.26. The summed E-state index contributed by atoms with van der Waals surface area (Å²) in [4.78, 5) is 17.5. The third kappa shape index (κ3) is 4.47. The Labute approximate surface area is 160 Å². The van der Waals surface area contributed by atoms with Crippen LogP contribution in [0.15, 0.2) is 67.0 Å². The van der Waals surface area contributed by atoms with Gasteiger partial charge in [-0.25, -0.2) is 4.98 Å². The van der Waals surface area contributed by atoms with Crippen molar-refractivity contribution >= 4 is 40.4 Å². The average molecular weight is 387 g/mol. The molecule has 132 valence electrons. The number of rotatable bonds is 7. The Balaban J connectivity index is 1.84. The molecule has 1 aromatic carbocycles. The number of halogens is 1. The zero-order chi connectivity index (χ0) is 18.4. The maximum absolute atomic E-state index is 12.5. The number of aromatic nitrogens is 2. The van der Waals surface area contributed by atoms with Crippen molar-refractivity contribution in [2.75, 3.05) is 12.4 Å². The second kappa shape index (κ2) is 8.60. The van der Waals surface area contributed by atoms with Gasteiger partial charge in [0.15, 0.2) is 10.3 Å². The number of ketones is 1. The highest BCUT2D eigenvalue weighted by Gasteiger charge is 2.16. The van der Waals surface area contributed by atoms with Gasteiger partial charge in [0.25, 0.3) is 11.7 Å². The first-order valence-corrected chi connectivity index (χ1v) is 9.07. The number of ether oxygens (including phenoxy) is 1. The molecule has 0 unspecified atom stereocenters. The first kappa shape index (κ1) is 18.1. The molecular formula is C19H17ClN3O2S+. The standard InChI is InChI=1S/C19H16ClN3O2S/c1-25-18(11-16(24)14-7-3-2-4-8-14)23-10-6-5-9-17(23)21-12-15-13-22-19(20)26-15/h2-11,13H,12H2,1H3/p+1/b18-11-. The third-order valence-corrected chi connectivity index (χ3v) is 4.70. The smallest absolute Gasteiger partial charge is 0.292 e. The minimum absolute atomic E-state index is 0.126. The number of allylic oxidation sites excluding steroid dienone is 1. The molecule has 0 amide bonds. The molecule has 1 N–H and O–H groups in total. The minimum Gasteiger partial charge on any atom is -0.465 e. The molecule has 5 nitrogen and oxygen atoms in total. The number of thiazole rings is 1. The Morgan fingerprint density at radius 1 is 1.27 bits per heavy atom. The molecule has 0 bridgehead atoms. The first-order valence-electron chi connectivity index (χ1n) is 7.87. The average Bonchev–Trinajstić information content (AvgIpc) is 3.10. The number of nitrogens with one attached hydrogen (secondary N) is 1. The van der Waals surface area contributed by atoms with E-state index in [-0.39, 0.29) is 5.78 Å². The molecule has 0 saturated heterocycles. The summed E-state index contributed by atoms with van der Waals surface area (Å²) >= 11 is 7.29. The van der Waals surface area contributed by atoms with Gasteiger partial charge in [-0.3, -0.25) is 10.1 Å². The third-order valence-electron chi connectivity index (χ3n) is 3.59. The number of hydrogen-bond acceptors (Lipinski definition) is 5. The second-order valence-corrected chi connectivity index (χ2v) is 7.00. The molecule has 0 fully saturated rings. The summed E-state index contributed by atoms with van der Waals surface area (Å²) in [5, 5.41) is 3.31. The Kier molecular flexibility index (Phi) is 5.99. The number of carbonyl (C=O) groups excluding carboxylic acids is 1. The molecular weight excluding hydrogens is 370 g/mol. The van der Waals surface area contributed by atoms with Crippen molar-refractivity contribution in [3.63, 3.8) is 0 Å². The Hall–Kier alpha value is -2.70. The number of carbonyl (C=O) groups is 1. The van der Waals surface area contributed by atoms with Gasteiger partial charge < -0.3 is 4.74 Å². The molecule has 0 atom stereocenters. The van der Waals surface area contributed by atoms with Crippen molar-refractivity contribution in [1.29, 1.82) is 0 Å². The lowest BCUT2D eigenvalue weighted by Gasteiger charge is -2.08. The van der Waals surface area contributed by atoms with E-state index in [9.17, 15) is 4.79 Å². The van der Waals surface area contributed by atoms with Crippen molar-refractivity contribution in [1.82, 2.24) is 4.98 Å². The summed E-state index contributed by atoms with van der Waals surface area (Å²) < 4.78 is 7.75. The van der Waals surface area contributed by atoms with E-state index >= 15 is 0 Å². The van der Waals surface area contributed by atoms with Gasteiger partial charge in [-0.2, -0.15) is 4.57 Å². The fraction of sp³-hybridized carbons (Fsp3) is 0.105. The largest absolute Gasteiger partial charge is 0.465 e. The quantitative estimate of drug-likeness (QED) is 0.288. The number of benzene rings is 1. The summed E-state index contributed by atoms with van der Waals surface area (Å²) in [6.45, 7) is 0.567. The number of hydrogen-bond donors (Lipinski definition) is 1. The highest BCUT2D eigenvalue weighted by molar-refractivity contribution is 7.15. The van der Waals surface area contributed by atoms with E-state index in [2.05, 4.69) is 10.3 Å². The molecule has 2 aromatic heterocycles. The van der Waals surface area contributed by atoms with Crippen molar-refractivity contribution in [2.24, 2.45) is 0 Å². The van der Waals surface area contributed by atoms with E-state index in [1.807, 2.05) is 42.6 Å². The lowest BCUT2D eigenvalue weighted by molar-refractivity contribution is -0.585. The Morgan fingerprint density at radius 3 is 2.73 bits per heavy atom. The molecule has 3 rings (SSSR count). The summed E-state index contributed by atoms with van der Waals surface area (Å²) in [5.41, 5.74) is 0.604. The maximum atomic E-state index is 12.5. The van der Waals surface area contributed by atoms with Gasteiger partial charge in [-0.05, 0) is 6.07 Å². The summed E-state index contributed by atoms with van der Waals surface area (Å²) in [5.74, 6) is 1.08.